The van der Waals surface area contributed by atoms with Crippen molar-refractivity contribution in [3.8, 4) is 0 Å². The first-order valence-electron chi connectivity index (χ1n) is 7.24. The molecule has 0 fully saturated rings. The van der Waals surface area contributed by atoms with Gasteiger partial charge in [-0.1, -0.05) is 5.21 Å². The second-order valence-electron chi connectivity index (χ2n) is 5.32. The van der Waals surface area contributed by atoms with Crippen molar-refractivity contribution in [2.24, 2.45) is 7.05 Å². The number of thioether (sulfide) groups is 1. The summed E-state index contributed by atoms with van der Waals surface area (Å²) in [6.45, 7) is 1.37. The number of furan rings is 1. The second-order valence-corrected chi connectivity index (χ2v) is 6.42. The summed E-state index contributed by atoms with van der Waals surface area (Å²) < 4.78 is 7.25. The Morgan fingerprint density at radius 2 is 2.17 bits per heavy atom. The molecule has 2 aromatic heterocycles. The first-order chi connectivity index (χ1) is 11.0. The molecule has 0 aliphatic rings. The van der Waals surface area contributed by atoms with Crippen LogP contribution in [0.4, 0.5) is 10.6 Å². The van der Waals surface area contributed by atoms with Crippen LogP contribution in [0.3, 0.4) is 0 Å². The largest absolute Gasteiger partial charge is 0.464 e. The Balaban J connectivity index is 1.58. The van der Waals surface area contributed by atoms with E-state index in [4.69, 9.17) is 4.42 Å². The molecule has 0 aliphatic carbocycles. The molecule has 23 heavy (non-hydrogen) atoms. The number of aryl methyl sites for hydroxylation is 1. The molecule has 0 radical (unpaired) electrons. The van der Waals surface area contributed by atoms with Crippen molar-refractivity contribution in [3.63, 3.8) is 0 Å². The lowest BCUT2D eigenvalue weighted by molar-refractivity contribution is 0.252. The fourth-order valence-corrected chi connectivity index (χ4v) is 2.62. The molecule has 9 heteroatoms. The third-order valence-corrected chi connectivity index (χ3v) is 3.79. The van der Waals surface area contributed by atoms with Gasteiger partial charge in [0.05, 0.1) is 18.5 Å². The number of carbonyl (C=O) groups is 1. The van der Waals surface area contributed by atoms with Crippen LogP contribution in [0.1, 0.15) is 11.5 Å². The molecule has 0 unspecified atom stereocenters. The topological polar surface area (TPSA) is 88.2 Å². The van der Waals surface area contributed by atoms with Gasteiger partial charge in [-0.25, -0.2) is 4.79 Å². The first-order valence-corrected chi connectivity index (χ1v) is 8.39. The molecule has 2 N–H and O–H groups in total. The van der Waals surface area contributed by atoms with Gasteiger partial charge in [-0.3, -0.25) is 10.00 Å². The quantitative estimate of drug-likeness (QED) is 0.710. The van der Waals surface area contributed by atoms with Crippen molar-refractivity contribution in [2.45, 2.75) is 12.3 Å². The fourth-order valence-electron chi connectivity index (χ4n) is 1.87. The molecule has 2 aromatic rings. The van der Waals surface area contributed by atoms with Gasteiger partial charge in [0.2, 0.25) is 0 Å². The minimum atomic E-state index is -0.280. The summed E-state index contributed by atoms with van der Waals surface area (Å²) in [6.07, 6.45) is 1.64. The molecule has 0 aromatic carbocycles. The van der Waals surface area contributed by atoms with Crippen molar-refractivity contribution in [1.82, 2.24) is 25.2 Å². The van der Waals surface area contributed by atoms with E-state index >= 15 is 0 Å². The minimum Gasteiger partial charge on any atom is -0.464 e. The maximum absolute atomic E-state index is 11.6. The van der Waals surface area contributed by atoms with Crippen LogP contribution >= 0.6 is 11.8 Å². The summed E-state index contributed by atoms with van der Waals surface area (Å²) in [5.41, 5.74) is 0. The van der Waals surface area contributed by atoms with E-state index in [1.165, 1.54) is 4.68 Å². The van der Waals surface area contributed by atoms with Gasteiger partial charge in [0.15, 0.2) is 5.82 Å². The number of urea groups is 1. The van der Waals surface area contributed by atoms with Gasteiger partial charge in [0.25, 0.3) is 0 Å². The Labute approximate surface area is 139 Å². The van der Waals surface area contributed by atoms with Gasteiger partial charge in [-0.2, -0.15) is 11.8 Å². The number of rotatable bonds is 8. The number of aromatic nitrogens is 3. The van der Waals surface area contributed by atoms with Crippen LogP contribution in [-0.4, -0.2) is 52.3 Å². The van der Waals surface area contributed by atoms with Crippen molar-refractivity contribution in [1.29, 1.82) is 0 Å². The predicted octanol–water partition coefficient (Wildman–Crippen LogP) is 1.52. The number of nitrogens with one attached hydrogen (secondary N) is 2. The molecule has 0 aliphatic heterocycles. The Bertz CT molecular complexity index is 624. The van der Waals surface area contributed by atoms with E-state index in [9.17, 15) is 4.79 Å². The number of amides is 2. The van der Waals surface area contributed by atoms with Gasteiger partial charge in [0, 0.05) is 19.3 Å². The van der Waals surface area contributed by atoms with E-state index in [0.717, 1.165) is 29.6 Å². The summed E-state index contributed by atoms with van der Waals surface area (Å²) in [5, 5.41) is 12.9. The highest BCUT2D eigenvalue weighted by Gasteiger charge is 2.05. The molecular weight excluding hydrogens is 316 g/mol. The molecule has 0 spiro atoms. The zero-order chi connectivity index (χ0) is 16.7. The summed E-state index contributed by atoms with van der Waals surface area (Å²) in [5.74, 6) is 3.95. The summed E-state index contributed by atoms with van der Waals surface area (Å²) in [4.78, 5) is 13.7. The maximum atomic E-state index is 11.6. The lowest BCUT2D eigenvalue weighted by Crippen LogP contribution is -2.30. The van der Waals surface area contributed by atoms with Gasteiger partial charge < -0.3 is 14.6 Å². The van der Waals surface area contributed by atoms with Crippen LogP contribution in [0.5, 0.6) is 0 Å². The minimum absolute atomic E-state index is 0.280. The zero-order valence-electron chi connectivity index (χ0n) is 13.6. The van der Waals surface area contributed by atoms with E-state index in [2.05, 4.69) is 25.8 Å². The Kier molecular flexibility index (Phi) is 6.48. The van der Waals surface area contributed by atoms with Crippen LogP contribution in [0.2, 0.25) is 0 Å². The van der Waals surface area contributed by atoms with E-state index in [0.29, 0.717) is 12.4 Å². The standard InChI is InChI=1S/C14H22N6O2S/c1-19(2)8-11-4-5-12(22-11)10-23-7-6-15-14(21)16-13-9-20(3)18-17-13/h4-5,9H,6-8,10H2,1-3H3,(H2,15,16,21). The molecule has 2 amide bonds. The smallest absolute Gasteiger partial charge is 0.320 e. The molecule has 0 saturated carbocycles. The molecule has 0 bridgehead atoms. The molecule has 2 heterocycles. The number of hydrogen-bond donors (Lipinski definition) is 2. The highest BCUT2D eigenvalue weighted by atomic mass is 32.2. The van der Waals surface area contributed by atoms with E-state index in [1.807, 2.05) is 26.2 Å². The number of anilines is 1. The predicted molar refractivity (Wildman–Crippen MR) is 90.3 cm³/mol. The van der Waals surface area contributed by atoms with Crippen molar-refractivity contribution >= 4 is 23.6 Å². The van der Waals surface area contributed by atoms with Crippen molar-refractivity contribution < 1.29 is 9.21 Å². The van der Waals surface area contributed by atoms with Crippen LogP contribution in [0, 0.1) is 0 Å². The zero-order valence-corrected chi connectivity index (χ0v) is 14.4. The first kappa shape index (κ1) is 17.4. The normalized spacial score (nSPS) is 11.0. The molecule has 2 rings (SSSR count). The van der Waals surface area contributed by atoms with E-state index < -0.39 is 0 Å². The number of hydrogen-bond acceptors (Lipinski definition) is 6. The molecule has 0 atom stereocenters. The van der Waals surface area contributed by atoms with Crippen LogP contribution < -0.4 is 10.6 Å². The monoisotopic (exact) mass is 338 g/mol. The summed E-state index contributed by atoms with van der Waals surface area (Å²) >= 11 is 1.71. The van der Waals surface area contributed by atoms with E-state index in [1.54, 1.807) is 25.0 Å². The highest BCUT2D eigenvalue weighted by molar-refractivity contribution is 7.98. The third kappa shape index (κ3) is 6.33. The van der Waals surface area contributed by atoms with Crippen LogP contribution in [-0.2, 0) is 19.3 Å². The molecule has 8 nitrogen and oxygen atoms in total. The Morgan fingerprint density at radius 1 is 1.39 bits per heavy atom. The van der Waals surface area contributed by atoms with Crippen LogP contribution in [0.15, 0.2) is 22.7 Å². The Hall–Kier alpha value is -2.00. The third-order valence-electron chi connectivity index (χ3n) is 2.81. The average molecular weight is 338 g/mol. The summed E-state index contributed by atoms with van der Waals surface area (Å²) in [6, 6.07) is 3.72. The maximum Gasteiger partial charge on any atom is 0.320 e. The van der Waals surface area contributed by atoms with Crippen LogP contribution in [0.25, 0.3) is 0 Å². The average Bonchev–Trinajstić information content (AvgIpc) is 3.07. The lowest BCUT2D eigenvalue weighted by Gasteiger charge is -2.06. The fraction of sp³-hybridized carbons (Fsp3) is 0.500. The Morgan fingerprint density at radius 3 is 2.87 bits per heavy atom. The second kappa shape index (κ2) is 8.59. The van der Waals surface area contributed by atoms with Gasteiger partial charge in [0.1, 0.15) is 11.5 Å². The number of carbonyl (C=O) groups excluding carboxylic acids is 1. The molecule has 126 valence electrons. The number of nitrogens with zero attached hydrogens (tertiary/aromatic N) is 4. The SMILES string of the molecule is CN(C)Cc1ccc(CSCCNC(=O)Nc2cn(C)nn2)o1. The van der Waals surface area contributed by atoms with Gasteiger partial charge >= 0.3 is 6.03 Å². The van der Waals surface area contributed by atoms with Gasteiger partial charge in [-0.05, 0) is 26.2 Å². The highest BCUT2D eigenvalue weighted by Crippen LogP contribution is 2.15. The molecular formula is C14H22N6O2S. The van der Waals surface area contributed by atoms with Crippen molar-refractivity contribution in [2.75, 3.05) is 31.7 Å². The lowest BCUT2D eigenvalue weighted by atomic mass is 10.4. The van der Waals surface area contributed by atoms with Crippen molar-refractivity contribution in [3.05, 3.63) is 29.9 Å². The van der Waals surface area contributed by atoms with E-state index in [-0.39, 0.29) is 6.03 Å². The molecule has 0 saturated heterocycles. The van der Waals surface area contributed by atoms with Gasteiger partial charge in [-0.15, -0.1) is 5.10 Å². The summed E-state index contributed by atoms with van der Waals surface area (Å²) in [7, 11) is 5.76.